The van der Waals surface area contributed by atoms with Gasteiger partial charge < -0.3 is 9.47 Å². The van der Waals surface area contributed by atoms with Crippen LogP contribution in [-0.4, -0.2) is 38.5 Å². The number of nitrogens with one attached hydrogen (secondary N) is 1. The van der Waals surface area contributed by atoms with Crippen LogP contribution in [0.5, 0.6) is 5.88 Å². The second-order valence-electron chi connectivity index (χ2n) is 5.11. The van der Waals surface area contributed by atoms with E-state index in [-0.39, 0.29) is 28.0 Å². The molecule has 1 saturated carbocycles. The van der Waals surface area contributed by atoms with E-state index in [1.54, 1.807) is 6.92 Å². The third kappa shape index (κ3) is 4.17. The predicted octanol–water partition coefficient (Wildman–Crippen LogP) is 1.55. The van der Waals surface area contributed by atoms with Crippen LogP contribution in [0.4, 0.5) is 0 Å². The molecule has 0 unspecified atom stereocenters. The van der Waals surface area contributed by atoms with E-state index in [0.717, 1.165) is 11.5 Å². The van der Waals surface area contributed by atoms with Gasteiger partial charge in [0, 0.05) is 12.1 Å². The molecule has 2 rings (SSSR count). The second-order valence-corrected chi connectivity index (χ2v) is 7.86. The number of esters is 1. The van der Waals surface area contributed by atoms with Gasteiger partial charge in [-0.1, -0.05) is 0 Å². The Hall–Kier alpha value is -1.19. The molecule has 0 aromatic carbocycles. The van der Waals surface area contributed by atoms with Crippen molar-refractivity contribution in [2.24, 2.45) is 5.92 Å². The average molecular weight is 348 g/mol. The molecule has 1 aromatic heterocycles. The van der Waals surface area contributed by atoms with E-state index in [1.807, 2.05) is 0 Å². The average Bonchev–Trinajstić information content (AvgIpc) is 2.98. The number of carbonyl (C=O) groups is 1. The summed E-state index contributed by atoms with van der Waals surface area (Å²) in [5.74, 6) is -0.0170. The van der Waals surface area contributed by atoms with Gasteiger partial charge in [0.1, 0.15) is 0 Å². The summed E-state index contributed by atoms with van der Waals surface area (Å²) < 4.78 is 41.1. The number of hydrogen-bond donors (Lipinski definition) is 1. The molecule has 1 aliphatic rings. The minimum Gasteiger partial charge on any atom is -0.480 e. The van der Waals surface area contributed by atoms with Crippen molar-refractivity contribution in [3.05, 3.63) is 6.07 Å². The number of sulfonamides is 1. The van der Waals surface area contributed by atoms with Crippen LogP contribution in [0.15, 0.2) is 10.3 Å². The molecule has 1 aromatic rings. The van der Waals surface area contributed by atoms with Gasteiger partial charge in [-0.3, -0.25) is 4.79 Å². The van der Waals surface area contributed by atoms with Crippen LogP contribution in [0, 0.1) is 5.92 Å². The predicted molar refractivity (Wildman–Crippen MR) is 81.4 cm³/mol. The van der Waals surface area contributed by atoms with Crippen molar-refractivity contribution < 1.29 is 22.7 Å². The van der Waals surface area contributed by atoms with Gasteiger partial charge >= 0.3 is 5.97 Å². The van der Waals surface area contributed by atoms with E-state index in [9.17, 15) is 13.2 Å². The monoisotopic (exact) mass is 348 g/mol. The summed E-state index contributed by atoms with van der Waals surface area (Å²) in [5, 5.41) is 0. The molecule has 1 fully saturated rings. The third-order valence-electron chi connectivity index (χ3n) is 3.61. The summed E-state index contributed by atoms with van der Waals surface area (Å²) in [5.41, 5.74) is 0. The lowest BCUT2D eigenvalue weighted by Gasteiger charge is -2.27. The van der Waals surface area contributed by atoms with E-state index in [1.165, 1.54) is 13.2 Å². The molecular weight excluding hydrogens is 328 g/mol. The number of ether oxygens (including phenoxy) is 2. The molecule has 22 heavy (non-hydrogen) atoms. The third-order valence-corrected chi connectivity index (χ3v) is 6.35. The van der Waals surface area contributed by atoms with Crippen LogP contribution in [0.3, 0.4) is 0 Å². The first-order chi connectivity index (χ1) is 10.5. The van der Waals surface area contributed by atoms with Gasteiger partial charge in [-0.25, -0.2) is 13.1 Å². The fourth-order valence-corrected chi connectivity index (χ4v) is 4.61. The molecule has 0 amide bonds. The fraction of sp³-hybridized carbons (Fsp3) is 0.692. The fourth-order valence-electron chi connectivity index (χ4n) is 2.45. The zero-order valence-electron chi connectivity index (χ0n) is 12.6. The van der Waals surface area contributed by atoms with Crippen LogP contribution >= 0.6 is 11.5 Å². The van der Waals surface area contributed by atoms with Crippen LogP contribution in [0.1, 0.15) is 32.6 Å². The van der Waals surface area contributed by atoms with Gasteiger partial charge in [0.05, 0.1) is 19.6 Å². The SMILES string of the molecule is CCOC(=O)C1CCC(NS(=O)(=O)c2cc(OC)ns2)CC1. The van der Waals surface area contributed by atoms with Crippen molar-refractivity contribution in [1.82, 2.24) is 9.10 Å². The summed E-state index contributed by atoms with van der Waals surface area (Å²) in [6, 6.07) is 1.24. The lowest BCUT2D eigenvalue weighted by atomic mass is 9.86. The zero-order valence-corrected chi connectivity index (χ0v) is 14.2. The minimum absolute atomic E-state index is 0.121. The highest BCUT2D eigenvalue weighted by molar-refractivity contribution is 7.91. The number of nitrogens with zero attached hydrogens (tertiary/aromatic N) is 1. The molecule has 1 heterocycles. The second kappa shape index (κ2) is 7.38. The molecule has 0 spiro atoms. The molecular formula is C13H20N2O5S2. The van der Waals surface area contributed by atoms with Gasteiger partial charge in [-0.05, 0) is 44.1 Å². The molecule has 0 atom stereocenters. The van der Waals surface area contributed by atoms with Crippen molar-refractivity contribution in [3.63, 3.8) is 0 Å². The number of rotatable bonds is 6. The summed E-state index contributed by atoms with van der Waals surface area (Å²) >= 11 is 0.882. The highest BCUT2D eigenvalue weighted by Gasteiger charge is 2.30. The quantitative estimate of drug-likeness (QED) is 0.784. The first-order valence-electron chi connectivity index (χ1n) is 7.16. The summed E-state index contributed by atoms with van der Waals surface area (Å²) in [4.78, 5) is 11.7. The maximum Gasteiger partial charge on any atom is 0.308 e. The minimum atomic E-state index is -3.59. The number of aromatic nitrogens is 1. The Kier molecular flexibility index (Phi) is 5.76. The molecule has 0 saturated heterocycles. The molecule has 1 aliphatic carbocycles. The molecule has 7 nitrogen and oxygen atoms in total. The van der Waals surface area contributed by atoms with E-state index in [4.69, 9.17) is 9.47 Å². The van der Waals surface area contributed by atoms with Crippen LogP contribution in [0.25, 0.3) is 0 Å². The standard InChI is InChI=1S/C13H20N2O5S2/c1-3-20-13(16)9-4-6-10(7-5-9)15-22(17,18)12-8-11(19-2)14-21-12/h8-10,15H,3-7H2,1-2H3. The maximum absolute atomic E-state index is 12.3. The van der Waals surface area contributed by atoms with Gasteiger partial charge in [0.15, 0.2) is 4.21 Å². The van der Waals surface area contributed by atoms with E-state index in [2.05, 4.69) is 9.10 Å². The topological polar surface area (TPSA) is 94.6 Å². The molecule has 0 aliphatic heterocycles. The van der Waals surface area contributed by atoms with Gasteiger partial charge in [0.25, 0.3) is 10.0 Å². The smallest absolute Gasteiger partial charge is 0.308 e. The molecule has 9 heteroatoms. The van der Waals surface area contributed by atoms with Crippen LogP contribution < -0.4 is 9.46 Å². The largest absolute Gasteiger partial charge is 0.480 e. The van der Waals surface area contributed by atoms with E-state index < -0.39 is 10.0 Å². The van der Waals surface area contributed by atoms with Crippen LogP contribution in [-0.2, 0) is 19.6 Å². The Morgan fingerprint density at radius 3 is 2.64 bits per heavy atom. The Balaban J connectivity index is 1.91. The normalized spacial score (nSPS) is 22.3. The lowest BCUT2D eigenvalue weighted by Crippen LogP contribution is -2.38. The molecule has 0 radical (unpaired) electrons. The van der Waals surface area contributed by atoms with Gasteiger partial charge in [0.2, 0.25) is 5.88 Å². The first-order valence-corrected chi connectivity index (χ1v) is 9.41. The molecule has 0 bridgehead atoms. The summed E-state index contributed by atoms with van der Waals surface area (Å²) in [6.45, 7) is 2.15. The van der Waals surface area contributed by atoms with Crippen molar-refractivity contribution in [3.8, 4) is 5.88 Å². The van der Waals surface area contributed by atoms with Gasteiger partial charge in [-0.2, -0.15) is 4.37 Å². The Labute approximate surface area is 134 Å². The Bertz CT molecular complexity index is 606. The van der Waals surface area contributed by atoms with Crippen molar-refractivity contribution in [2.75, 3.05) is 13.7 Å². The number of hydrogen-bond acceptors (Lipinski definition) is 7. The lowest BCUT2D eigenvalue weighted by molar-refractivity contribution is -0.149. The van der Waals surface area contributed by atoms with E-state index >= 15 is 0 Å². The van der Waals surface area contributed by atoms with Gasteiger partial charge in [-0.15, -0.1) is 0 Å². The Morgan fingerprint density at radius 2 is 2.09 bits per heavy atom. The van der Waals surface area contributed by atoms with E-state index in [0.29, 0.717) is 32.3 Å². The van der Waals surface area contributed by atoms with Crippen molar-refractivity contribution in [2.45, 2.75) is 42.9 Å². The van der Waals surface area contributed by atoms with Crippen LogP contribution in [0.2, 0.25) is 0 Å². The van der Waals surface area contributed by atoms with Crippen molar-refractivity contribution in [1.29, 1.82) is 0 Å². The Morgan fingerprint density at radius 1 is 1.41 bits per heavy atom. The maximum atomic E-state index is 12.3. The molecule has 124 valence electrons. The van der Waals surface area contributed by atoms with Crippen molar-refractivity contribution >= 4 is 27.5 Å². The zero-order chi connectivity index (χ0) is 16.2. The number of methoxy groups -OCH3 is 1. The highest BCUT2D eigenvalue weighted by Crippen LogP contribution is 2.27. The summed E-state index contributed by atoms with van der Waals surface area (Å²) in [6.07, 6.45) is 2.52. The highest BCUT2D eigenvalue weighted by atomic mass is 32.2. The number of carbonyl (C=O) groups excluding carboxylic acids is 1. The first kappa shape index (κ1) is 17.2. The molecule has 1 N–H and O–H groups in total. The summed E-state index contributed by atoms with van der Waals surface area (Å²) in [7, 11) is -2.15.